The van der Waals surface area contributed by atoms with E-state index in [1.165, 1.54) is 0 Å². The molecule has 1 rings (SSSR count). The predicted molar refractivity (Wildman–Crippen MR) is 73.8 cm³/mol. The van der Waals surface area contributed by atoms with Crippen LogP contribution in [0.15, 0.2) is 12.1 Å². The van der Waals surface area contributed by atoms with Gasteiger partial charge in [0, 0.05) is 18.2 Å². The summed E-state index contributed by atoms with van der Waals surface area (Å²) in [6.45, 7) is 6.58. The summed E-state index contributed by atoms with van der Waals surface area (Å²) in [6, 6.07) is 2.23. The quantitative estimate of drug-likeness (QED) is 0.692. The summed E-state index contributed by atoms with van der Waals surface area (Å²) in [5.74, 6) is -1.34. The maximum Gasteiger partial charge on any atom is 0.150 e. The summed E-state index contributed by atoms with van der Waals surface area (Å²) in [5, 5.41) is 0. The highest BCUT2D eigenvalue weighted by Crippen LogP contribution is 2.27. The number of nitrogens with zero attached hydrogens (tertiary/aromatic N) is 1. The molecular formula is C15H21F2NO. The van der Waals surface area contributed by atoms with Gasteiger partial charge in [-0.05, 0) is 31.9 Å². The fourth-order valence-corrected chi connectivity index (χ4v) is 2.03. The Morgan fingerprint density at radius 3 is 2.26 bits per heavy atom. The molecule has 19 heavy (non-hydrogen) atoms. The molecule has 0 spiro atoms. The van der Waals surface area contributed by atoms with Crippen molar-refractivity contribution in [2.24, 2.45) is 0 Å². The minimum absolute atomic E-state index is 0.0200. The second kappa shape index (κ2) is 7.22. The Morgan fingerprint density at radius 2 is 1.84 bits per heavy atom. The smallest absolute Gasteiger partial charge is 0.150 e. The average molecular weight is 269 g/mol. The molecule has 2 nitrogen and oxygen atoms in total. The molecule has 106 valence electrons. The number of benzene rings is 1. The lowest BCUT2D eigenvalue weighted by molar-refractivity contribution is 0.112. The molecule has 4 heteroatoms. The number of hydrogen-bond acceptors (Lipinski definition) is 2. The minimum Gasteiger partial charge on any atom is -0.364 e. The summed E-state index contributed by atoms with van der Waals surface area (Å²) >= 11 is 0. The molecular weight excluding hydrogens is 248 g/mol. The Morgan fingerprint density at radius 1 is 1.26 bits per heavy atom. The van der Waals surface area contributed by atoms with Crippen LogP contribution in [0.1, 0.15) is 50.4 Å². The van der Waals surface area contributed by atoms with Crippen LogP contribution in [0, 0.1) is 11.6 Å². The molecule has 0 amide bonds. The monoisotopic (exact) mass is 269 g/mol. The standard InChI is InChI=1S/C15H21F2NO/c1-4-6-7-18(11(3)5-2)15-13(16)8-12(10-19)9-14(15)17/h8-11H,4-7H2,1-3H3. The Kier molecular flexibility index (Phi) is 5.93. The first kappa shape index (κ1) is 15.6. The lowest BCUT2D eigenvalue weighted by Crippen LogP contribution is -2.35. The lowest BCUT2D eigenvalue weighted by atomic mass is 10.1. The first-order chi connectivity index (χ1) is 9.04. The largest absolute Gasteiger partial charge is 0.364 e. The third-order valence-electron chi connectivity index (χ3n) is 3.34. The van der Waals surface area contributed by atoms with Crippen LogP contribution in [-0.2, 0) is 0 Å². The molecule has 0 fully saturated rings. The number of carbonyl (C=O) groups excluding carboxylic acids is 1. The minimum atomic E-state index is -0.668. The molecule has 0 N–H and O–H groups in total. The lowest BCUT2D eigenvalue weighted by Gasteiger charge is -2.31. The van der Waals surface area contributed by atoms with Crippen LogP contribution in [0.3, 0.4) is 0 Å². The maximum absolute atomic E-state index is 14.0. The van der Waals surface area contributed by atoms with Gasteiger partial charge in [-0.1, -0.05) is 20.3 Å². The molecule has 0 radical (unpaired) electrons. The van der Waals surface area contributed by atoms with Gasteiger partial charge in [-0.25, -0.2) is 8.78 Å². The van der Waals surface area contributed by atoms with Crippen LogP contribution < -0.4 is 4.90 Å². The Bertz CT molecular complexity index is 411. The van der Waals surface area contributed by atoms with Crippen molar-refractivity contribution in [2.75, 3.05) is 11.4 Å². The molecule has 0 heterocycles. The highest BCUT2D eigenvalue weighted by atomic mass is 19.1. The Hall–Kier alpha value is -1.45. The number of halogens is 2. The van der Waals surface area contributed by atoms with Gasteiger partial charge in [0.2, 0.25) is 0 Å². The van der Waals surface area contributed by atoms with Crippen LogP contribution in [-0.4, -0.2) is 18.9 Å². The number of aldehydes is 1. The van der Waals surface area contributed by atoms with Gasteiger partial charge < -0.3 is 4.90 Å². The SMILES string of the molecule is CCCCN(c1c(F)cc(C=O)cc1F)C(C)CC. The Labute approximate surface area is 113 Å². The van der Waals surface area contributed by atoms with Crippen molar-refractivity contribution < 1.29 is 13.6 Å². The van der Waals surface area contributed by atoms with Gasteiger partial charge in [-0.15, -0.1) is 0 Å². The number of carbonyl (C=O) groups is 1. The van der Waals surface area contributed by atoms with Crippen LogP contribution in [0.2, 0.25) is 0 Å². The normalized spacial score (nSPS) is 12.3. The van der Waals surface area contributed by atoms with Gasteiger partial charge in [0.25, 0.3) is 0 Å². The first-order valence-corrected chi connectivity index (χ1v) is 6.75. The number of rotatable bonds is 7. The second-order valence-corrected chi connectivity index (χ2v) is 4.76. The van der Waals surface area contributed by atoms with Crippen molar-refractivity contribution in [3.05, 3.63) is 29.3 Å². The summed E-state index contributed by atoms with van der Waals surface area (Å²) in [4.78, 5) is 12.4. The summed E-state index contributed by atoms with van der Waals surface area (Å²) in [5.41, 5.74) is 0.00624. The number of unbranched alkanes of at least 4 members (excludes halogenated alkanes) is 1. The molecule has 0 saturated carbocycles. The van der Waals surface area contributed by atoms with E-state index in [1.807, 2.05) is 20.8 Å². The highest BCUT2D eigenvalue weighted by molar-refractivity contribution is 5.76. The molecule has 0 saturated heterocycles. The number of hydrogen-bond donors (Lipinski definition) is 0. The van der Waals surface area contributed by atoms with E-state index in [2.05, 4.69) is 0 Å². The van der Waals surface area contributed by atoms with Crippen molar-refractivity contribution in [3.8, 4) is 0 Å². The second-order valence-electron chi connectivity index (χ2n) is 4.76. The van der Waals surface area contributed by atoms with Crippen LogP contribution in [0.4, 0.5) is 14.5 Å². The van der Waals surface area contributed by atoms with Crippen molar-refractivity contribution in [3.63, 3.8) is 0 Å². The van der Waals surface area contributed by atoms with Gasteiger partial charge in [-0.3, -0.25) is 4.79 Å². The molecule has 1 aromatic rings. The molecule has 0 aliphatic heterocycles. The van der Waals surface area contributed by atoms with Crippen LogP contribution in [0.5, 0.6) is 0 Å². The van der Waals surface area contributed by atoms with E-state index >= 15 is 0 Å². The van der Waals surface area contributed by atoms with E-state index < -0.39 is 11.6 Å². The van der Waals surface area contributed by atoms with E-state index in [0.717, 1.165) is 31.4 Å². The predicted octanol–water partition coefficient (Wildman–Crippen LogP) is 4.18. The fraction of sp³-hybridized carbons (Fsp3) is 0.533. The fourth-order valence-electron chi connectivity index (χ4n) is 2.03. The van der Waals surface area contributed by atoms with Crippen molar-refractivity contribution in [1.82, 2.24) is 0 Å². The molecule has 1 unspecified atom stereocenters. The van der Waals surface area contributed by atoms with E-state index in [1.54, 1.807) is 4.90 Å². The van der Waals surface area contributed by atoms with Crippen molar-refractivity contribution >= 4 is 12.0 Å². The maximum atomic E-state index is 14.0. The van der Waals surface area contributed by atoms with Crippen molar-refractivity contribution in [1.29, 1.82) is 0 Å². The van der Waals surface area contributed by atoms with E-state index in [4.69, 9.17) is 0 Å². The van der Waals surface area contributed by atoms with Crippen LogP contribution >= 0.6 is 0 Å². The summed E-state index contributed by atoms with van der Waals surface area (Å²) < 4.78 is 28.1. The van der Waals surface area contributed by atoms with Crippen molar-refractivity contribution in [2.45, 2.75) is 46.1 Å². The zero-order valence-corrected chi connectivity index (χ0v) is 11.7. The molecule has 1 aromatic carbocycles. The zero-order valence-electron chi connectivity index (χ0n) is 11.7. The molecule has 0 aromatic heterocycles. The third kappa shape index (κ3) is 3.75. The Balaban J connectivity index is 3.17. The third-order valence-corrected chi connectivity index (χ3v) is 3.34. The van der Waals surface area contributed by atoms with E-state index in [9.17, 15) is 13.6 Å². The topological polar surface area (TPSA) is 20.3 Å². The summed E-state index contributed by atoms with van der Waals surface area (Å²) in [6.07, 6.45) is 3.09. The molecule has 1 atom stereocenters. The van der Waals surface area contributed by atoms with E-state index in [-0.39, 0.29) is 17.3 Å². The highest BCUT2D eigenvalue weighted by Gasteiger charge is 2.21. The van der Waals surface area contributed by atoms with Crippen LogP contribution in [0.25, 0.3) is 0 Å². The average Bonchev–Trinajstić information content (AvgIpc) is 2.40. The summed E-state index contributed by atoms with van der Waals surface area (Å²) in [7, 11) is 0. The molecule has 0 aliphatic rings. The van der Waals surface area contributed by atoms with E-state index in [0.29, 0.717) is 12.8 Å². The van der Waals surface area contributed by atoms with Gasteiger partial charge >= 0.3 is 0 Å². The molecule has 0 bridgehead atoms. The zero-order chi connectivity index (χ0) is 14.4. The molecule has 0 aliphatic carbocycles. The number of anilines is 1. The van der Waals surface area contributed by atoms with Gasteiger partial charge in [-0.2, -0.15) is 0 Å². The van der Waals surface area contributed by atoms with Gasteiger partial charge in [0.15, 0.2) is 0 Å². The van der Waals surface area contributed by atoms with Gasteiger partial charge in [0.1, 0.15) is 23.6 Å². The first-order valence-electron chi connectivity index (χ1n) is 6.75. The van der Waals surface area contributed by atoms with Gasteiger partial charge in [0.05, 0.1) is 0 Å².